The fraction of sp³-hybridized carbons (Fsp3) is 0. The maximum atomic E-state index is 11.7. The van der Waals surface area contributed by atoms with Gasteiger partial charge >= 0.3 is 0 Å². The highest BCUT2D eigenvalue weighted by atomic mass is 35.5. The molecule has 0 aliphatic heterocycles. The zero-order chi connectivity index (χ0) is 13.0. The van der Waals surface area contributed by atoms with E-state index in [0.717, 1.165) is 5.69 Å². The minimum Gasteiger partial charge on any atom is -0.507 e. The largest absolute Gasteiger partial charge is 0.507 e. The molecule has 5 nitrogen and oxygen atoms in total. The zero-order valence-corrected chi connectivity index (χ0v) is 9.98. The van der Waals surface area contributed by atoms with Crippen molar-refractivity contribution in [2.75, 3.05) is 0 Å². The zero-order valence-electron chi connectivity index (χ0n) is 9.22. The highest BCUT2D eigenvalue weighted by Gasteiger charge is 2.10. The van der Waals surface area contributed by atoms with Crippen molar-refractivity contribution in [1.29, 1.82) is 0 Å². The minimum atomic E-state index is -0.530. The Labute approximate surface area is 108 Å². The van der Waals surface area contributed by atoms with Gasteiger partial charge in [-0.1, -0.05) is 11.6 Å². The van der Waals surface area contributed by atoms with E-state index in [9.17, 15) is 9.90 Å². The number of aromatic nitrogens is 1. The monoisotopic (exact) mass is 263 g/mol. The first-order valence-electron chi connectivity index (χ1n) is 5.12. The molecule has 6 heteroatoms. The van der Waals surface area contributed by atoms with Gasteiger partial charge in [0.2, 0.25) is 0 Å². The van der Waals surface area contributed by atoms with Gasteiger partial charge in [0.25, 0.3) is 5.91 Å². The molecular formula is C12H10ClN3O2. The van der Waals surface area contributed by atoms with Crippen LogP contribution < -0.4 is 5.43 Å². The van der Waals surface area contributed by atoms with Crippen LogP contribution >= 0.6 is 11.6 Å². The lowest BCUT2D eigenvalue weighted by molar-refractivity contribution is 0.0952. The van der Waals surface area contributed by atoms with Gasteiger partial charge in [-0.05, 0) is 30.3 Å². The van der Waals surface area contributed by atoms with Crippen molar-refractivity contribution in [3.05, 3.63) is 52.8 Å². The summed E-state index contributed by atoms with van der Waals surface area (Å²) in [4.78, 5) is 14.6. The summed E-state index contributed by atoms with van der Waals surface area (Å²) in [5, 5.41) is 13.6. The number of carbonyl (C=O) groups excluding carboxylic acids is 1. The van der Waals surface area contributed by atoms with E-state index in [4.69, 9.17) is 11.6 Å². The number of aromatic amines is 1. The van der Waals surface area contributed by atoms with Crippen LogP contribution in [0.3, 0.4) is 0 Å². The normalized spacial score (nSPS) is 10.7. The van der Waals surface area contributed by atoms with Crippen LogP contribution in [0.15, 0.2) is 41.6 Å². The van der Waals surface area contributed by atoms with Crippen LogP contribution in [-0.4, -0.2) is 22.2 Å². The van der Waals surface area contributed by atoms with Crippen molar-refractivity contribution in [3.8, 4) is 5.75 Å². The molecule has 0 radical (unpaired) electrons. The lowest BCUT2D eigenvalue weighted by Crippen LogP contribution is -2.17. The predicted octanol–water partition coefficient (Wildman–Crippen LogP) is 2.14. The summed E-state index contributed by atoms with van der Waals surface area (Å²) in [6.07, 6.45) is 3.20. The number of hydrogen-bond acceptors (Lipinski definition) is 3. The van der Waals surface area contributed by atoms with Crippen LogP contribution in [0.25, 0.3) is 0 Å². The Morgan fingerprint density at radius 3 is 3.00 bits per heavy atom. The molecule has 2 rings (SSSR count). The van der Waals surface area contributed by atoms with Gasteiger partial charge in [0.1, 0.15) is 5.75 Å². The smallest absolute Gasteiger partial charge is 0.275 e. The van der Waals surface area contributed by atoms with Crippen LogP contribution in [0.4, 0.5) is 0 Å². The molecule has 0 unspecified atom stereocenters. The Bertz CT molecular complexity index is 579. The third-order valence-electron chi connectivity index (χ3n) is 2.19. The van der Waals surface area contributed by atoms with Gasteiger partial charge in [0, 0.05) is 11.2 Å². The molecule has 92 valence electrons. The maximum absolute atomic E-state index is 11.7. The number of phenols is 1. The Balaban J connectivity index is 2.06. The molecule has 0 spiro atoms. The number of H-pyrrole nitrogens is 1. The maximum Gasteiger partial charge on any atom is 0.275 e. The van der Waals surface area contributed by atoms with Gasteiger partial charge in [-0.15, -0.1) is 0 Å². The van der Waals surface area contributed by atoms with Crippen LogP contribution in [0, 0.1) is 0 Å². The molecule has 1 aromatic heterocycles. The predicted molar refractivity (Wildman–Crippen MR) is 69.0 cm³/mol. The third kappa shape index (κ3) is 2.89. The molecule has 3 N–H and O–H groups in total. The lowest BCUT2D eigenvalue weighted by atomic mass is 10.2. The molecule has 1 aromatic carbocycles. The lowest BCUT2D eigenvalue weighted by Gasteiger charge is -2.02. The Hall–Kier alpha value is -2.27. The first-order chi connectivity index (χ1) is 8.66. The van der Waals surface area contributed by atoms with E-state index in [0.29, 0.717) is 5.02 Å². The van der Waals surface area contributed by atoms with Gasteiger partial charge < -0.3 is 10.1 Å². The molecule has 1 heterocycles. The van der Waals surface area contributed by atoms with E-state index < -0.39 is 5.91 Å². The topological polar surface area (TPSA) is 77.5 Å². The molecule has 0 saturated heterocycles. The van der Waals surface area contributed by atoms with Gasteiger partial charge in [0.15, 0.2) is 0 Å². The van der Waals surface area contributed by atoms with Crippen LogP contribution in [0.5, 0.6) is 5.75 Å². The van der Waals surface area contributed by atoms with Gasteiger partial charge in [0.05, 0.1) is 17.5 Å². The van der Waals surface area contributed by atoms with Gasteiger partial charge in [-0.25, -0.2) is 5.43 Å². The second kappa shape index (κ2) is 5.37. The van der Waals surface area contributed by atoms with E-state index in [2.05, 4.69) is 15.5 Å². The number of aromatic hydroxyl groups is 1. The van der Waals surface area contributed by atoms with Crippen molar-refractivity contribution in [2.45, 2.75) is 0 Å². The summed E-state index contributed by atoms with van der Waals surface area (Å²) in [6, 6.07) is 7.83. The van der Waals surface area contributed by atoms with Crippen LogP contribution in [-0.2, 0) is 0 Å². The highest BCUT2D eigenvalue weighted by Crippen LogP contribution is 2.21. The second-order valence-electron chi connectivity index (χ2n) is 3.49. The number of nitrogens with one attached hydrogen (secondary N) is 2. The first-order valence-corrected chi connectivity index (χ1v) is 5.50. The van der Waals surface area contributed by atoms with Crippen molar-refractivity contribution in [1.82, 2.24) is 10.4 Å². The fourth-order valence-electron chi connectivity index (χ4n) is 1.34. The SMILES string of the molecule is O=C(N/N=C/c1ccc[nH]1)c1cc(Cl)ccc1O. The average Bonchev–Trinajstić information content (AvgIpc) is 2.85. The summed E-state index contributed by atoms with van der Waals surface area (Å²) >= 11 is 5.74. The van der Waals surface area contributed by atoms with Crippen molar-refractivity contribution < 1.29 is 9.90 Å². The molecule has 0 atom stereocenters. The highest BCUT2D eigenvalue weighted by molar-refractivity contribution is 6.31. The number of rotatable bonds is 3. The molecular weight excluding hydrogens is 254 g/mol. The molecule has 0 fully saturated rings. The number of amides is 1. The number of benzene rings is 1. The summed E-state index contributed by atoms with van der Waals surface area (Å²) in [5.41, 5.74) is 3.13. The number of phenolic OH excluding ortho intramolecular Hbond substituents is 1. The number of hydrazone groups is 1. The van der Waals surface area contributed by atoms with E-state index >= 15 is 0 Å². The van der Waals surface area contributed by atoms with E-state index in [-0.39, 0.29) is 11.3 Å². The first kappa shape index (κ1) is 12.2. The average molecular weight is 264 g/mol. The van der Waals surface area contributed by atoms with Crippen molar-refractivity contribution >= 4 is 23.7 Å². The summed E-state index contributed by atoms with van der Waals surface area (Å²) in [5.74, 6) is -0.676. The standard InChI is InChI=1S/C12H10ClN3O2/c13-8-3-4-11(17)10(6-8)12(18)16-15-7-9-2-1-5-14-9/h1-7,14,17H,(H,16,18)/b15-7+. The number of nitrogens with zero attached hydrogens (tertiary/aromatic N) is 1. The van der Waals surface area contributed by atoms with Crippen LogP contribution in [0.1, 0.15) is 16.1 Å². The Kier molecular flexibility index (Phi) is 3.64. The number of carbonyl (C=O) groups is 1. The van der Waals surface area contributed by atoms with E-state index in [1.165, 1.54) is 24.4 Å². The molecule has 0 saturated carbocycles. The van der Waals surface area contributed by atoms with Gasteiger partial charge in [-0.2, -0.15) is 5.10 Å². The molecule has 18 heavy (non-hydrogen) atoms. The molecule has 2 aromatic rings. The molecule has 0 aliphatic rings. The second-order valence-corrected chi connectivity index (χ2v) is 3.92. The number of halogens is 1. The summed E-state index contributed by atoms with van der Waals surface area (Å²) in [7, 11) is 0. The minimum absolute atomic E-state index is 0.0751. The number of hydrogen-bond donors (Lipinski definition) is 3. The van der Waals surface area contributed by atoms with E-state index in [1.54, 1.807) is 12.3 Å². The fourth-order valence-corrected chi connectivity index (χ4v) is 1.51. The summed E-state index contributed by atoms with van der Waals surface area (Å²) in [6.45, 7) is 0. The quantitative estimate of drug-likeness (QED) is 0.586. The van der Waals surface area contributed by atoms with E-state index in [1.807, 2.05) is 6.07 Å². The van der Waals surface area contributed by atoms with Crippen molar-refractivity contribution in [3.63, 3.8) is 0 Å². The molecule has 0 bridgehead atoms. The van der Waals surface area contributed by atoms with Gasteiger partial charge in [-0.3, -0.25) is 4.79 Å². The Morgan fingerprint density at radius 2 is 2.28 bits per heavy atom. The van der Waals surface area contributed by atoms with Crippen LogP contribution in [0.2, 0.25) is 5.02 Å². The van der Waals surface area contributed by atoms with Crippen molar-refractivity contribution in [2.24, 2.45) is 5.10 Å². The third-order valence-corrected chi connectivity index (χ3v) is 2.43. The molecule has 0 aliphatic carbocycles. The summed E-state index contributed by atoms with van der Waals surface area (Å²) < 4.78 is 0. The Morgan fingerprint density at radius 1 is 1.44 bits per heavy atom. The molecule has 1 amide bonds.